The number of esters is 2. The van der Waals surface area contributed by atoms with Crippen LogP contribution in [0.25, 0.3) is 0 Å². The van der Waals surface area contributed by atoms with Crippen molar-refractivity contribution in [3.63, 3.8) is 0 Å². The molecule has 0 fully saturated rings. The average molecular weight is 628 g/mol. The normalized spacial score (nSPS) is 10.1. The van der Waals surface area contributed by atoms with Crippen molar-refractivity contribution in [1.82, 2.24) is 0 Å². The molecule has 15 heteroatoms. The Balaban J connectivity index is -0.000000111. The Labute approximate surface area is 272 Å². The largest absolute Gasteiger partial charge is 1.00 e. The number of nitrogens with two attached hydrogens (primary N) is 1. The Morgan fingerprint density at radius 3 is 1.34 bits per heavy atom. The number of rotatable bonds is 9. The van der Waals surface area contributed by atoms with Crippen LogP contribution in [0.1, 0.15) is 108 Å². The Morgan fingerprint density at radius 2 is 1.02 bits per heavy atom. The number of halogens is 1. The van der Waals surface area contributed by atoms with E-state index in [1.54, 1.807) is 48.5 Å². The second-order valence-corrected chi connectivity index (χ2v) is 10.9. The summed E-state index contributed by atoms with van der Waals surface area (Å²) in [5.41, 5.74) is 3.32. The zero-order valence-corrected chi connectivity index (χ0v) is 29.4. The minimum Gasteiger partial charge on any atom is -0.870 e. The van der Waals surface area contributed by atoms with E-state index in [0.29, 0.717) is 38.8 Å². The van der Waals surface area contributed by atoms with Crippen LogP contribution in [-0.4, -0.2) is 70.8 Å². The number of unbranched alkanes of at least 4 members (excludes halogenated alkanes) is 1. The maximum atomic E-state index is 11.1. The number of carbonyl (C=O) groups excluding carboxylic acids is 4. The molecule has 0 aromatic heterocycles. The van der Waals surface area contributed by atoms with Crippen LogP contribution < -0.4 is 35.3 Å². The summed E-state index contributed by atoms with van der Waals surface area (Å²) < 4.78 is 23.5. The van der Waals surface area contributed by atoms with Crippen molar-refractivity contribution in [2.45, 2.75) is 125 Å². The number of hydrogen-bond acceptors (Lipinski definition) is 12. The molecule has 0 aliphatic heterocycles. The minimum absolute atomic E-state index is 0. The number of carboxylic acids is 1. The molecule has 0 rings (SSSR count). The number of carboxylic acid groups (broad SMARTS) is 1. The molecule has 0 saturated carbocycles. The van der Waals surface area contributed by atoms with Gasteiger partial charge in [0, 0.05) is 19.3 Å². The molecule has 0 amide bonds. The van der Waals surface area contributed by atoms with Crippen molar-refractivity contribution in [3.05, 3.63) is 0 Å². The Morgan fingerprint density at radius 1 is 0.659 bits per heavy atom. The van der Waals surface area contributed by atoms with Crippen LogP contribution in [-0.2, 0) is 38.1 Å². The Bertz CT molecular complexity index is 703. The van der Waals surface area contributed by atoms with Gasteiger partial charge in [-0.15, -0.1) is 12.4 Å². The van der Waals surface area contributed by atoms with Crippen molar-refractivity contribution in [2.75, 3.05) is 13.2 Å². The van der Waals surface area contributed by atoms with E-state index in [-0.39, 0.29) is 65.8 Å². The van der Waals surface area contributed by atoms with Gasteiger partial charge in [0.25, 0.3) is 0 Å². The fourth-order valence-electron chi connectivity index (χ4n) is 2.03. The van der Waals surface area contributed by atoms with Gasteiger partial charge in [-0.1, -0.05) is 0 Å². The summed E-state index contributed by atoms with van der Waals surface area (Å²) in [5.74, 6) is -1.24. The fourth-order valence-corrected chi connectivity index (χ4v) is 2.03. The fraction of sp³-hybridized carbons (Fsp3) is 0.808. The molecule has 13 nitrogen and oxygen atoms in total. The second-order valence-electron chi connectivity index (χ2n) is 10.9. The van der Waals surface area contributed by atoms with Crippen molar-refractivity contribution >= 4 is 42.6 Å². The molecule has 0 atom stereocenters. The van der Waals surface area contributed by atoms with Gasteiger partial charge in [-0.05, 0) is 95.0 Å². The summed E-state index contributed by atoms with van der Waals surface area (Å²) in [6, 6.07) is 0. The second kappa shape index (κ2) is 27.2. The van der Waals surface area contributed by atoms with E-state index < -0.39 is 35.1 Å². The van der Waals surface area contributed by atoms with Crippen molar-refractivity contribution in [2.24, 2.45) is 5.73 Å². The van der Waals surface area contributed by atoms with Gasteiger partial charge in [-0.2, -0.15) is 0 Å². The predicted molar refractivity (Wildman–Crippen MR) is 150 cm³/mol. The maximum absolute atomic E-state index is 11.1. The topological polar surface area (TPSA) is 208 Å². The number of hydrogen-bond donors (Lipinski definition) is 2. The minimum atomic E-state index is -1.06. The third-order valence-electron chi connectivity index (χ3n) is 3.28. The molecule has 0 aliphatic carbocycles. The third kappa shape index (κ3) is 51.6. The summed E-state index contributed by atoms with van der Waals surface area (Å²) in [6.45, 7) is 18.3. The summed E-state index contributed by atoms with van der Waals surface area (Å²) in [4.78, 5) is 53.8. The quantitative estimate of drug-likeness (QED) is 0.124. The molecule has 0 aliphatic rings. The molecular weight excluding hydrogens is 577 g/mol. The standard InChI is InChI=1S/C10H18O5.C10H18O4.C6H13NO2.ClH.Na.H2O/c1-9(2,3)14-7(11)13-8(12)15-10(4,5)6;1-10(2,3)14-9(13)7-5-4-6-8(11)12;1-2-9-6(8)4-3-5-7;;;/h1-6H3;4-7H2,1-3H3,(H,11,12);2-5,7H2,1H3;1H;;1H2/q;;;;+1;/p-1. The number of aliphatic carboxylic acids is 1. The summed E-state index contributed by atoms with van der Waals surface area (Å²) >= 11 is 0. The Kier molecular flexibility index (Phi) is 34.5. The first kappa shape index (κ1) is 52.0. The molecular formula is C26H51ClNNaO12. The molecule has 0 aromatic carbocycles. The van der Waals surface area contributed by atoms with Crippen LogP contribution in [0.2, 0.25) is 0 Å². The first-order valence-electron chi connectivity index (χ1n) is 12.5. The van der Waals surface area contributed by atoms with Gasteiger partial charge in [0.05, 0.1) is 6.61 Å². The molecule has 240 valence electrons. The molecule has 0 spiro atoms. The first-order chi connectivity index (χ1) is 17.1. The molecule has 0 saturated heterocycles. The van der Waals surface area contributed by atoms with Gasteiger partial charge in [-0.3, -0.25) is 14.4 Å². The molecule has 4 N–H and O–H groups in total. The van der Waals surface area contributed by atoms with E-state index in [0.717, 1.165) is 6.42 Å². The van der Waals surface area contributed by atoms with E-state index in [1.807, 2.05) is 20.8 Å². The van der Waals surface area contributed by atoms with Crippen molar-refractivity contribution < 1.29 is 87.8 Å². The molecule has 0 heterocycles. The van der Waals surface area contributed by atoms with Crippen LogP contribution in [0.5, 0.6) is 0 Å². The van der Waals surface area contributed by atoms with Crippen LogP contribution in [0.4, 0.5) is 9.59 Å². The predicted octanol–water partition coefficient (Wildman–Crippen LogP) is 2.38. The van der Waals surface area contributed by atoms with Crippen LogP contribution in [0, 0.1) is 0 Å². The number of carbonyl (C=O) groups is 5. The molecule has 0 unspecified atom stereocenters. The molecule has 0 bridgehead atoms. The summed E-state index contributed by atoms with van der Waals surface area (Å²) in [7, 11) is 0. The van der Waals surface area contributed by atoms with E-state index in [2.05, 4.69) is 9.47 Å². The molecule has 0 aromatic rings. The van der Waals surface area contributed by atoms with E-state index in [4.69, 9.17) is 25.1 Å². The summed E-state index contributed by atoms with van der Waals surface area (Å²) in [6.07, 6.45) is 0.556. The zero-order chi connectivity index (χ0) is 30.6. The summed E-state index contributed by atoms with van der Waals surface area (Å²) in [5, 5.41) is 8.35. The van der Waals surface area contributed by atoms with Gasteiger partial charge in [0.15, 0.2) is 0 Å². The SMILES string of the molecule is CC(C)(C)OC(=O)CCCCC(=O)O.CC(C)(C)OC(=O)OC(=O)OC(C)(C)C.CCOC(=O)CCCN.Cl.[Na+].[OH-]. The first-order valence-corrected chi connectivity index (χ1v) is 12.5. The monoisotopic (exact) mass is 627 g/mol. The smallest absolute Gasteiger partial charge is 0.870 e. The number of ether oxygens (including phenoxy) is 5. The Hall–Kier alpha value is -1.64. The molecule has 41 heavy (non-hydrogen) atoms. The van der Waals surface area contributed by atoms with Gasteiger partial charge in [0.1, 0.15) is 16.8 Å². The van der Waals surface area contributed by atoms with Gasteiger partial charge < -0.3 is 40.0 Å². The van der Waals surface area contributed by atoms with Crippen molar-refractivity contribution in [3.8, 4) is 0 Å². The zero-order valence-electron chi connectivity index (χ0n) is 26.6. The van der Waals surface area contributed by atoms with Gasteiger partial charge in [0.2, 0.25) is 0 Å². The third-order valence-corrected chi connectivity index (χ3v) is 3.28. The van der Waals surface area contributed by atoms with E-state index >= 15 is 0 Å². The van der Waals surface area contributed by atoms with Crippen LogP contribution in [0.15, 0.2) is 0 Å². The van der Waals surface area contributed by atoms with Crippen LogP contribution in [0.3, 0.4) is 0 Å². The van der Waals surface area contributed by atoms with Gasteiger partial charge >= 0.3 is 59.8 Å². The maximum Gasteiger partial charge on any atom is 1.00 e. The van der Waals surface area contributed by atoms with E-state index in [1.165, 1.54) is 0 Å². The molecule has 0 radical (unpaired) electrons. The van der Waals surface area contributed by atoms with E-state index in [9.17, 15) is 24.0 Å². The van der Waals surface area contributed by atoms with Crippen LogP contribution >= 0.6 is 12.4 Å². The van der Waals surface area contributed by atoms with Gasteiger partial charge in [-0.25, -0.2) is 9.59 Å². The van der Waals surface area contributed by atoms with Crippen molar-refractivity contribution in [1.29, 1.82) is 0 Å². The average Bonchev–Trinajstić information content (AvgIpc) is 2.66.